The van der Waals surface area contributed by atoms with Crippen molar-refractivity contribution in [2.45, 2.75) is 31.5 Å². The number of hydrogen-bond donors (Lipinski definition) is 0. The Balaban J connectivity index is 4.14. The Labute approximate surface area is 55.9 Å². The molecule has 4 heteroatoms. The lowest BCUT2D eigenvalue weighted by Crippen LogP contribution is -2.27. The van der Waals surface area contributed by atoms with Gasteiger partial charge in [-0.25, -0.2) is 0 Å². The number of alkyl halides is 3. The summed E-state index contributed by atoms with van der Waals surface area (Å²) in [5.41, 5.74) is 0. The third-order valence-corrected chi connectivity index (χ3v) is 2.93. The molecule has 1 atom stereocenters. The maximum atomic E-state index is 11.9. The summed E-state index contributed by atoms with van der Waals surface area (Å²) in [5.74, 6) is 0. The predicted octanol–water partition coefficient (Wildman–Crippen LogP) is 1.50. The number of hydrogen-bond acceptors (Lipinski definition) is 0. The molecule has 0 nitrogen and oxygen atoms in total. The van der Waals surface area contributed by atoms with E-state index in [0.717, 1.165) is 0 Å². The molecule has 56 valence electrons. The molecule has 1 unspecified atom stereocenters. The van der Waals surface area contributed by atoms with Crippen LogP contribution >= 0.6 is 0 Å². The summed E-state index contributed by atoms with van der Waals surface area (Å²) in [4.78, 5) is 0. The van der Waals surface area contributed by atoms with Crippen molar-refractivity contribution in [1.29, 1.82) is 0 Å². The second kappa shape index (κ2) is 2.32. The normalized spacial score (nSPS) is 19.7. The quantitative estimate of drug-likeness (QED) is 0.505. The molecule has 0 aromatic carbocycles. The van der Waals surface area contributed by atoms with Gasteiger partial charge in [0.1, 0.15) is 0 Å². The Kier molecular flexibility index (Phi) is 2.33. The molecule has 0 bridgehead atoms. The fraction of sp³-hybridized carbons (Fsp3) is 1.00. The van der Waals surface area contributed by atoms with Crippen LogP contribution in [0.15, 0.2) is 0 Å². The van der Waals surface area contributed by atoms with E-state index in [4.69, 9.17) is 0 Å². The predicted molar refractivity (Wildman–Crippen MR) is 34.7 cm³/mol. The smallest absolute Gasteiger partial charge is 0.171 e. The Morgan fingerprint density at radius 3 is 1.67 bits per heavy atom. The zero-order valence-corrected chi connectivity index (χ0v) is 7.84. The Hall–Kier alpha value is 0.00688. The summed E-state index contributed by atoms with van der Waals surface area (Å²) >= 11 is 0. The van der Waals surface area contributed by atoms with E-state index in [-0.39, 0.29) is 16.7 Å². The van der Waals surface area contributed by atoms with Crippen LogP contribution in [0.2, 0.25) is 5.04 Å². The minimum Gasteiger partial charge on any atom is -0.171 e. The van der Waals surface area contributed by atoms with E-state index in [2.05, 4.69) is 0 Å². The summed E-state index contributed by atoms with van der Waals surface area (Å²) in [7, 11) is 0.183. The van der Waals surface area contributed by atoms with Gasteiger partial charge >= 0.3 is 6.18 Å². The first-order chi connectivity index (χ1) is 3.81. The number of rotatable bonds is 1. The molecule has 0 saturated heterocycles. The van der Waals surface area contributed by atoms with Crippen LogP contribution in [0, 0.1) is 0 Å². The lowest BCUT2D eigenvalue weighted by molar-refractivity contribution is -0.161. The molecular formula is C5H11F3Si. The van der Waals surface area contributed by atoms with Crippen molar-refractivity contribution in [2.24, 2.45) is 0 Å². The van der Waals surface area contributed by atoms with Crippen molar-refractivity contribution in [3.05, 3.63) is 0 Å². The molecule has 0 heterocycles. The van der Waals surface area contributed by atoms with Gasteiger partial charge in [-0.3, -0.25) is 0 Å². The van der Waals surface area contributed by atoms with Crippen LogP contribution in [-0.2, 0) is 0 Å². The van der Waals surface area contributed by atoms with Crippen molar-refractivity contribution in [3.63, 3.8) is 0 Å². The fourth-order valence-corrected chi connectivity index (χ4v) is 0.200. The molecule has 0 aromatic rings. The molecule has 0 spiro atoms. The van der Waals surface area contributed by atoms with E-state index in [1.54, 1.807) is 6.92 Å². The highest BCUT2D eigenvalue weighted by atomic mass is 28.1. The van der Waals surface area contributed by atoms with Crippen LogP contribution in [0.5, 0.6) is 0 Å². The van der Waals surface area contributed by atoms with Crippen molar-refractivity contribution in [2.75, 3.05) is 0 Å². The molecule has 0 amide bonds. The highest BCUT2D eigenvalue weighted by Gasteiger charge is 2.45. The second-order valence-electron chi connectivity index (χ2n) is 2.74. The summed E-state index contributed by atoms with van der Waals surface area (Å²) in [5, 5.41) is -1.38. The lowest BCUT2D eigenvalue weighted by Gasteiger charge is -2.25. The van der Waals surface area contributed by atoms with Crippen LogP contribution in [0.25, 0.3) is 0 Å². The molecule has 0 aliphatic rings. The summed E-state index contributed by atoms with van der Waals surface area (Å²) in [6, 6.07) is 0. The molecule has 0 aliphatic heterocycles. The first kappa shape index (κ1) is 9.01. The Morgan fingerprint density at radius 2 is 1.67 bits per heavy atom. The van der Waals surface area contributed by atoms with Gasteiger partial charge in [0.05, 0.1) is 0 Å². The van der Waals surface area contributed by atoms with Crippen LogP contribution in [-0.4, -0.2) is 16.4 Å². The van der Waals surface area contributed by atoms with E-state index in [1.165, 1.54) is 6.92 Å². The monoisotopic (exact) mass is 156 g/mol. The fourth-order valence-electron chi connectivity index (χ4n) is 0.200. The van der Waals surface area contributed by atoms with Crippen molar-refractivity contribution < 1.29 is 13.2 Å². The molecule has 0 N–H and O–H groups in total. The summed E-state index contributed by atoms with van der Waals surface area (Å²) in [6.45, 7) is 2.83. The summed E-state index contributed by atoms with van der Waals surface area (Å²) < 4.78 is 35.6. The maximum absolute atomic E-state index is 11.9. The van der Waals surface area contributed by atoms with Gasteiger partial charge in [0.2, 0.25) is 0 Å². The highest BCUT2D eigenvalue weighted by molar-refractivity contribution is 6.15. The third kappa shape index (κ3) is 2.00. The van der Waals surface area contributed by atoms with Crippen LogP contribution in [0.4, 0.5) is 13.2 Å². The van der Waals surface area contributed by atoms with Gasteiger partial charge < -0.3 is 0 Å². The van der Waals surface area contributed by atoms with Crippen molar-refractivity contribution >= 4 is 10.2 Å². The molecule has 9 heavy (non-hydrogen) atoms. The van der Waals surface area contributed by atoms with Crippen LogP contribution in [0.1, 0.15) is 20.3 Å². The molecule has 0 fully saturated rings. The Morgan fingerprint density at radius 1 is 1.33 bits per heavy atom. The van der Waals surface area contributed by atoms with Gasteiger partial charge in [-0.15, -0.1) is 0 Å². The first-order valence-electron chi connectivity index (χ1n) is 2.88. The van der Waals surface area contributed by atoms with E-state index >= 15 is 0 Å². The van der Waals surface area contributed by atoms with Gasteiger partial charge in [0.15, 0.2) is 0 Å². The van der Waals surface area contributed by atoms with Gasteiger partial charge in [-0.2, -0.15) is 13.2 Å². The molecule has 0 radical (unpaired) electrons. The Bertz CT molecular complexity index is 94.9. The van der Waals surface area contributed by atoms with Gasteiger partial charge in [-0.1, -0.05) is 13.8 Å². The standard InChI is InChI=1S/C5H11F3Si/c1-3-4(2,9)5(6,7)8/h3H2,1-2,9H3. The van der Waals surface area contributed by atoms with Crippen LogP contribution in [0.3, 0.4) is 0 Å². The number of halogens is 3. The highest BCUT2D eigenvalue weighted by Crippen LogP contribution is 2.43. The second-order valence-corrected chi connectivity index (χ2v) is 4.94. The average molecular weight is 156 g/mol. The first-order valence-corrected chi connectivity index (χ1v) is 3.88. The van der Waals surface area contributed by atoms with Crippen LogP contribution < -0.4 is 0 Å². The minimum absolute atomic E-state index is 0.183. The van der Waals surface area contributed by atoms with E-state index in [1.807, 2.05) is 0 Å². The topological polar surface area (TPSA) is 0 Å². The maximum Gasteiger partial charge on any atom is 0.390 e. The molecule has 0 aromatic heterocycles. The van der Waals surface area contributed by atoms with E-state index in [9.17, 15) is 13.2 Å². The molecule has 0 rings (SSSR count). The largest absolute Gasteiger partial charge is 0.390 e. The lowest BCUT2D eigenvalue weighted by atomic mass is 10.1. The van der Waals surface area contributed by atoms with E-state index < -0.39 is 11.2 Å². The van der Waals surface area contributed by atoms with Gasteiger partial charge in [0.25, 0.3) is 0 Å². The SMILES string of the molecule is CCC(C)([SiH3])C(F)(F)F. The molecular weight excluding hydrogens is 145 g/mol. The molecule has 0 saturated carbocycles. The molecule has 0 aliphatic carbocycles. The zero-order valence-electron chi connectivity index (χ0n) is 5.84. The summed E-state index contributed by atoms with van der Waals surface area (Å²) in [6.07, 6.45) is -3.79. The zero-order chi connectivity index (χ0) is 7.71. The van der Waals surface area contributed by atoms with E-state index in [0.29, 0.717) is 0 Å². The third-order valence-electron chi connectivity index (χ3n) is 1.65. The van der Waals surface area contributed by atoms with Crippen molar-refractivity contribution in [3.8, 4) is 0 Å². The average Bonchev–Trinajstić information content (AvgIpc) is 1.64. The van der Waals surface area contributed by atoms with Crippen molar-refractivity contribution in [1.82, 2.24) is 0 Å². The minimum atomic E-state index is -3.99. The van der Waals surface area contributed by atoms with Gasteiger partial charge in [0, 0.05) is 15.3 Å². The van der Waals surface area contributed by atoms with Gasteiger partial charge in [-0.05, 0) is 6.42 Å².